The molecule has 0 radical (unpaired) electrons. The molecule has 24 heteroatoms. The molecule has 0 aromatic heterocycles. The molecule has 7 amide bonds. The van der Waals surface area contributed by atoms with E-state index in [-0.39, 0.29) is 50.5 Å². The number of carbonyl (C=O) groups is 8. The van der Waals surface area contributed by atoms with Crippen LogP contribution in [0.3, 0.4) is 0 Å². The molecule has 62 heavy (non-hydrogen) atoms. The monoisotopic (exact) mass is 879 g/mol. The number of aliphatic carboxylic acids is 1. The summed E-state index contributed by atoms with van der Waals surface area (Å²) < 4.78 is 0. The minimum Gasteiger partial charge on any atom is -0.508 e. The van der Waals surface area contributed by atoms with Crippen LogP contribution >= 0.6 is 0 Å². The van der Waals surface area contributed by atoms with E-state index in [1.54, 1.807) is 0 Å². The van der Waals surface area contributed by atoms with E-state index < -0.39 is 103 Å². The summed E-state index contributed by atoms with van der Waals surface area (Å²) >= 11 is 0. The summed E-state index contributed by atoms with van der Waals surface area (Å²) in [5.41, 5.74) is 28.3. The van der Waals surface area contributed by atoms with E-state index in [9.17, 15) is 48.6 Å². The Balaban J connectivity index is 3.26. The fourth-order valence-corrected chi connectivity index (χ4v) is 5.59. The van der Waals surface area contributed by atoms with Crippen LogP contribution < -0.4 is 65.9 Å². The molecule has 1 aromatic rings. The minimum atomic E-state index is -1.68. The van der Waals surface area contributed by atoms with Crippen molar-refractivity contribution >= 4 is 53.3 Å². The molecule has 0 saturated carbocycles. The highest BCUT2D eigenvalue weighted by atomic mass is 16.4. The first-order valence-corrected chi connectivity index (χ1v) is 20.2. The molecule has 1 aromatic carbocycles. The van der Waals surface area contributed by atoms with Gasteiger partial charge in [-0.2, -0.15) is 0 Å². The van der Waals surface area contributed by atoms with Crippen molar-refractivity contribution in [2.24, 2.45) is 33.7 Å². The van der Waals surface area contributed by atoms with E-state index in [1.165, 1.54) is 38.1 Å². The van der Waals surface area contributed by atoms with E-state index in [0.717, 1.165) is 0 Å². The number of nitrogens with zero attached hydrogens (tertiary/aromatic N) is 1. The van der Waals surface area contributed by atoms with Gasteiger partial charge in [0, 0.05) is 13.0 Å². The molecule has 0 unspecified atom stereocenters. The summed E-state index contributed by atoms with van der Waals surface area (Å²) in [7, 11) is 0. The van der Waals surface area contributed by atoms with Gasteiger partial charge in [-0.25, -0.2) is 0 Å². The number of hydrogen-bond acceptors (Lipinski definition) is 14. The number of rotatable bonds is 30. The lowest BCUT2D eigenvalue weighted by molar-refractivity contribution is -0.141. The number of phenols is 1. The zero-order valence-electron chi connectivity index (χ0n) is 35.2. The predicted octanol–water partition coefficient (Wildman–Crippen LogP) is -5.28. The van der Waals surface area contributed by atoms with Crippen LogP contribution in [0.4, 0.5) is 0 Å². The maximum Gasteiger partial charge on any atom is 0.325 e. The lowest BCUT2D eigenvalue weighted by atomic mass is 10.0. The fourth-order valence-electron chi connectivity index (χ4n) is 5.59. The van der Waals surface area contributed by atoms with Crippen molar-refractivity contribution < 1.29 is 53.7 Å². The van der Waals surface area contributed by atoms with Crippen LogP contribution in [0.15, 0.2) is 29.3 Å². The van der Waals surface area contributed by atoms with Crippen molar-refractivity contribution in [3.05, 3.63) is 29.8 Å². The molecule has 348 valence electrons. The van der Waals surface area contributed by atoms with Crippen LogP contribution in [0.25, 0.3) is 0 Å². The number of benzene rings is 1. The summed E-state index contributed by atoms with van der Waals surface area (Å²) in [4.78, 5) is 107. The number of guanidine groups is 1. The van der Waals surface area contributed by atoms with E-state index in [0.29, 0.717) is 44.2 Å². The van der Waals surface area contributed by atoms with Crippen molar-refractivity contribution in [3.63, 3.8) is 0 Å². The summed E-state index contributed by atoms with van der Waals surface area (Å²) in [5, 5.41) is 46.1. The summed E-state index contributed by atoms with van der Waals surface area (Å²) in [6.07, 6.45) is 2.34. The smallest absolute Gasteiger partial charge is 0.325 e. The first kappa shape index (κ1) is 53.9. The Kier molecular flexibility index (Phi) is 25.4. The number of hydrogen-bond donors (Lipinski definition) is 15. The van der Waals surface area contributed by atoms with Gasteiger partial charge < -0.3 is 81.2 Å². The number of aliphatic hydroxyl groups is 1. The maximum atomic E-state index is 13.8. The summed E-state index contributed by atoms with van der Waals surface area (Å²) in [6.45, 7) is 1.76. The molecule has 0 aliphatic heterocycles. The Hall–Kier alpha value is -6.11. The second-order valence-corrected chi connectivity index (χ2v) is 14.5. The molecule has 0 fully saturated rings. The minimum absolute atomic E-state index is 0.0310. The average molecular weight is 880 g/mol. The topological polar surface area (TPSA) is 424 Å². The van der Waals surface area contributed by atoms with Crippen molar-refractivity contribution in [2.75, 3.05) is 32.8 Å². The average Bonchev–Trinajstić information content (AvgIpc) is 3.22. The van der Waals surface area contributed by atoms with E-state index in [2.05, 4.69) is 42.2 Å². The van der Waals surface area contributed by atoms with Gasteiger partial charge in [0.25, 0.3) is 0 Å². The third-order valence-electron chi connectivity index (χ3n) is 9.21. The fraction of sp³-hybridized carbons (Fsp3) is 0.605. The number of carboxylic acid groups (broad SMARTS) is 1. The van der Waals surface area contributed by atoms with Crippen LogP contribution in [0.2, 0.25) is 0 Å². The predicted molar refractivity (Wildman–Crippen MR) is 226 cm³/mol. The van der Waals surface area contributed by atoms with Crippen LogP contribution in [-0.2, 0) is 44.8 Å². The molecular formula is C38H65N13O11. The Bertz CT molecular complexity index is 1660. The Morgan fingerprint density at radius 1 is 0.629 bits per heavy atom. The maximum absolute atomic E-state index is 13.8. The first-order valence-electron chi connectivity index (χ1n) is 20.2. The van der Waals surface area contributed by atoms with Gasteiger partial charge in [-0.1, -0.05) is 18.6 Å². The molecule has 24 nitrogen and oxygen atoms in total. The van der Waals surface area contributed by atoms with Crippen molar-refractivity contribution in [1.29, 1.82) is 0 Å². The van der Waals surface area contributed by atoms with Gasteiger partial charge in [0.1, 0.15) is 42.0 Å². The normalized spacial score (nSPS) is 14.2. The number of amides is 7. The molecule has 7 atom stereocenters. The Morgan fingerprint density at radius 2 is 1.13 bits per heavy atom. The highest BCUT2D eigenvalue weighted by molar-refractivity contribution is 5.97. The van der Waals surface area contributed by atoms with Crippen molar-refractivity contribution in [3.8, 4) is 5.75 Å². The van der Waals surface area contributed by atoms with Crippen molar-refractivity contribution in [1.82, 2.24) is 37.2 Å². The largest absolute Gasteiger partial charge is 0.508 e. The quantitative estimate of drug-likeness (QED) is 0.0195. The molecule has 0 aliphatic rings. The van der Waals surface area contributed by atoms with Gasteiger partial charge in [-0.3, -0.25) is 43.3 Å². The first-order chi connectivity index (χ1) is 29.3. The number of carboxylic acids is 1. The SMILES string of the molecule is C[C@H](NC(=O)[C@H](C)NC(=O)[C@H](CCCCN)NC(=O)[C@H](CCCN=C(N)N)NC(=O)[C@H](CO)NC(=O)[C@H](Cc1ccc(O)cc1)NC(=O)CNC(=O)[C@@H](N)CCCCN)C(=O)O. The van der Waals surface area contributed by atoms with E-state index in [1.807, 2.05) is 0 Å². The molecule has 0 heterocycles. The molecule has 0 aliphatic carbocycles. The van der Waals surface area contributed by atoms with Gasteiger partial charge >= 0.3 is 5.97 Å². The summed E-state index contributed by atoms with van der Waals surface area (Å²) in [6, 6.07) is -3.39. The third kappa shape index (κ3) is 21.4. The van der Waals surface area contributed by atoms with Crippen LogP contribution in [-0.4, -0.2) is 144 Å². The number of aromatic hydroxyl groups is 1. The van der Waals surface area contributed by atoms with Crippen LogP contribution in [0.5, 0.6) is 5.75 Å². The van der Waals surface area contributed by atoms with Crippen LogP contribution in [0, 0.1) is 0 Å². The molecule has 20 N–H and O–H groups in total. The van der Waals surface area contributed by atoms with Gasteiger partial charge in [-0.05, 0) is 89.6 Å². The van der Waals surface area contributed by atoms with Crippen LogP contribution in [0.1, 0.15) is 70.8 Å². The lowest BCUT2D eigenvalue weighted by Gasteiger charge is -2.26. The molecule has 0 saturated heterocycles. The molecule has 0 bridgehead atoms. The number of nitrogens with two attached hydrogens (primary N) is 5. The highest BCUT2D eigenvalue weighted by Crippen LogP contribution is 2.12. The molecule has 0 spiro atoms. The van der Waals surface area contributed by atoms with Crippen molar-refractivity contribution in [2.45, 2.75) is 114 Å². The number of aliphatic hydroxyl groups excluding tert-OH is 1. The number of nitrogens with one attached hydrogen (secondary N) is 7. The highest BCUT2D eigenvalue weighted by Gasteiger charge is 2.32. The summed E-state index contributed by atoms with van der Waals surface area (Å²) in [5.74, 6) is -7.41. The number of carbonyl (C=O) groups excluding carboxylic acids is 7. The number of phenolic OH excluding ortho intramolecular Hbond substituents is 1. The zero-order valence-corrected chi connectivity index (χ0v) is 35.2. The second kappa shape index (κ2) is 29.2. The molecular weight excluding hydrogens is 814 g/mol. The Morgan fingerprint density at radius 3 is 1.68 bits per heavy atom. The number of unbranched alkanes of at least 4 members (excludes halogenated alkanes) is 2. The molecule has 1 rings (SSSR count). The Labute approximate surface area is 359 Å². The van der Waals surface area contributed by atoms with E-state index in [4.69, 9.17) is 33.8 Å². The second-order valence-electron chi connectivity index (χ2n) is 14.5. The van der Waals surface area contributed by atoms with Gasteiger partial charge in [0.05, 0.1) is 19.2 Å². The standard InChI is InChI=1S/C38H65N13O11/c1-21(31(55)47-22(2)37(61)62)46-33(57)26(9-4-6-16-40)49-34(58)27(10-7-17-44-38(42)43)50-36(60)29(20-52)51-35(59)28(18-23-11-13-24(53)14-12-23)48-30(54)19-45-32(56)25(41)8-3-5-15-39/h11-14,21-22,25-29,52-53H,3-10,15-20,39-41H2,1-2H3,(H,45,56)(H,46,57)(H,47,55)(H,48,54)(H,49,58)(H,50,60)(H,51,59)(H,61,62)(H4,42,43,44)/t21-,22-,25-,26-,27-,28-,29-/m0/s1. The number of aliphatic imine (C=N–C) groups is 1. The van der Waals surface area contributed by atoms with E-state index >= 15 is 0 Å². The van der Waals surface area contributed by atoms with Gasteiger partial charge in [0.2, 0.25) is 41.4 Å². The van der Waals surface area contributed by atoms with Gasteiger partial charge in [0.15, 0.2) is 5.96 Å². The third-order valence-corrected chi connectivity index (χ3v) is 9.21. The zero-order chi connectivity index (χ0) is 46.8. The van der Waals surface area contributed by atoms with Gasteiger partial charge in [-0.15, -0.1) is 0 Å². The lowest BCUT2D eigenvalue weighted by Crippen LogP contribution is -2.60.